The Kier molecular flexibility index (Phi) is 3.25. The number of nitrogens with two attached hydrogens (primary N) is 1. The molecule has 0 bridgehead atoms. The van der Waals surface area contributed by atoms with Crippen LogP contribution in [0, 0.1) is 0 Å². The van der Waals surface area contributed by atoms with Gasteiger partial charge in [-0.3, -0.25) is 14.5 Å². The zero-order valence-electron chi connectivity index (χ0n) is 7.69. The lowest BCUT2D eigenvalue weighted by Gasteiger charge is -2.34. The molecule has 1 heterocycles. The van der Waals surface area contributed by atoms with Crippen molar-refractivity contribution >= 4 is 12.3 Å². The molecule has 1 radical (unpaired) electrons. The molecule has 73 valence electrons. The molecule has 1 fully saturated rings. The quantitative estimate of drug-likeness (QED) is 0.583. The van der Waals surface area contributed by atoms with Crippen molar-refractivity contribution in [3.8, 4) is 0 Å². The van der Waals surface area contributed by atoms with Gasteiger partial charge in [0.1, 0.15) is 0 Å². The highest BCUT2D eigenvalue weighted by Crippen LogP contribution is 2.03. The monoisotopic (exact) mass is 184 g/mol. The van der Waals surface area contributed by atoms with Crippen molar-refractivity contribution in [1.82, 2.24) is 9.80 Å². The molecule has 0 saturated carbocycles. The predicted molar refractivity (Wildman–Crippen MR) is 47.5 cm³/mol. The van der Waals surface area contributed by atoms with Crippen LogP contribution < -0.4 is 5.73 Å². The topological polar surface area (TPSA) is 66.6 Å². The maximum Gasteiger partial charge on any atom is 0.312 e. The highest BCUT2D eigenvalue weighted by Gasteiger charge is 2.23. The summed E-state index contributed by atoms with van der Waals surface area (Å²) in [5.74, 6) is -0.316. The van der Waals surface area contributed by atoms with Gasteiger partial charge in [0.05, 0.1) is 6.04 Å². The molecule has 1 aliphatic heterocycles. The molecule has 2 N–H and O–H groups in total. The number of hydrogen-bond donors (Lipinski definition) is 1. The largest absolute Gasteiger partial charge is 0.368 e. The van der Waals surface area contributed by atoms with E-state index in [9.17, 15) is 9.59 Å². The fourth-order valence-corrected chi connectivity index (χ4v) is 1.38. The highest BCUT2D eigenvalue weighted by atomic mass is 16.1. The lowest BCUT2D eigenvalue weighted by molar-refractivity contribution is -0.123. The SMILES string of the molecule is CC(C(N)=O)N1CCN([C]=O)CC1. The number of hydrogen-bond acceptors (Lipinski definition) is 3. The molecule has 0 spiro atoms. The summed E-state index contributed by atoms with van der Waals surface area (Å²) < 4.78 is 0. The Morgan fingerprint density at radius 3 is 2.31 bits per heavy atom. The fourth-order valence-electron chi connectivity index (χ4n) is 1.38. The Hall–Kier alpha value is -1.10. The molecule has 1 atom stereocenters. The van der Waals surface area contributed by atoms with Crippen LogP contribution in [0.5, 0.6) is 0 Å². The van der Waals surface area contributed by atoms with Crippen LogP contribution in [0.3, 0.4) is 0 Å². The van der Waals surface area contributed by atoms with Crippen LogP contribution in [-0.2, 0) is 9.59 Å². The van der Waals surface area contributed by atoms with Gasteiger partial charge in [0, 0.05) is 26.2 Å². The van der Waals surface area contributed by atoms with E-state index in [1.807, 2.05) is 11.3 Å². The average molecular weight is 184 g/mol. The first-order valence-corrected chi connectivity index (χ1v) is 4.31. The Labute approximate surface area is 77.5 Å². The molecule has 0 aromatic heterocycles. The second kappa shape index (κ2) is 4.23. The third-order valence-corrected chi connectivity index (χ3v) is 2.40. The fraction of sp³-hybridized carbons (Fsp3) is 0.750. The number of nitrogens with zero attached hydrogens (tertiary/aromatic N) is 2. The predicted octanol–water partition coefficient (Wildman–Crippen LogP) is -1.45. The molecule has 1 rings (SSSR count). The summed E-state index contributed by atoms with van der Waals surface area (Å²) >= 11 is 0. The van der Waals surface area contributed by atoms with E-state index in [-0.39, 0.29) is 11.9 Å². The van der Waals surface area contributed by atoms with Crippen molar-refractivity contribution in [2.24, 2.45) is 5.73 Å². The molecule has 5 heteroatoms. The van der Waals surface area contributed by atoms with Gasteiger partial charge in [-0.15, -0.1) is 0 Å². The minimum Gasteiger partial charge on any atom is -0.368 e. The van der Waals surface area contributed by atoms with E-state index < -0.39 is 0 Å². The van der Waals surface area contributed by atoms with E-state index >= 15 is 0 Å². The minimum atomic E-state index is -0.316. The van der Waals surface area contributed by atoms with E-state index in [0.29, 0.717) is 26.2 Å². The molecule has 1 saturated heterocycles. The Morgan fingerprint density at radius 1 is 1.38 bits per heavy atom. The van der Waals surface area contributed by atoms with E-state index in [4.69, 9.17) is 5.73 Å². The van der Waals surface area contributed by atoms with Gasteiger partial charge in [-0.25, -0.2) is 0 Å². The van der Waals surface area contributed by atoms with Crippen LogP contribution in [0.4, 0.5) is 0 Å². The Bertz CT molecular complexity index is 200. The maximum absolute atomic E-state index is 10.8. The molecule has 0 aromatic rings. The Morgan fingerprint density at radius 2 is 1.92 bits per heavy atom. The van der Waals surface area contributed by atoms with Gasteiger partial charge >= 0.3 is 6.41 Å². The molecular weight excluding hydrogens is 170 g/mol. The van der Waals surface area contributed by atoms with Crippen molar-refractivity contribution in [1.29, 1.82) is 0 Å². The molecule has 1 aliphatic rings. The first-order chi connectivity index (χ1) is 6.15. The standard InChI is InChI=1S/C8H14N3O2/c1-7(8(9)13)11-4-2-10(6-12)3-5-11/h7H,2-5H2,1H3,(H2,9,13). The average Bonchev–Trinajstić information content (AvgIpc) is 2.17. The zero-order valence-corrected chi connectivity index (χ0v) is 7.69. The molecule has 0 aromatic carbocycles. The molecule has 13 heavy (non-hydrogen) atoms. The van der Waals surface area contributed by atoms with Gasteiger partial charge < -0.3 is 10.6 Å². The number of rotatable bonds is 3. The molecular formula is C8H14N3O2. The highest BCUT2D eigenvalue weighted by molar-refractivity contribution is 5.79. The van der Waals surface area contributed by atoms with Crippen LogP contribution in [0.15, 0.2) is 0 Å². The van der Waals surface area contributed by atoms with Crippen molar-refractivity contribution in [2.45, 2.75) is 13.0 Å². The zero-order chi connectivity index (χ0) is 9.84. The summed E-state index contributed by atoms with van der Waals surface area (Å²) in [7, 11) is 0. The maximum atomic E-state index is 10.8. The molecule has 2 amide bonds. The molecule has 0 aliphatic carbocycles. The van der Waals surface area contributed by atoms with Crippen molar-refractivity contribution in [3.63, 3.8) is 0 Å². The lowest BCUT2D eigenvalue weighted by atomic mass is 10.2. The second-order valence-electron chi connectivity index (χ2n) is 3.19. The van der Waals surface area contributed by atoms with E-state index in [2.05, 4.69) is 0 Å². The van der Waals surface area contributed by atoms with Gasteiger partial charge in [0.25, 0.3) is 0 Å². The van der Waals surface area contributed by atoms with Gasteiger partial charge in [-0.2, -0.15) is 0 Å². The van der Waals surface area contributed by atoms with E-state index in [0.717, 1.165) is 0 Å². The normalized spacial score (nSPS) is 21.2. The van der Waals surface area contributed by atoms with Crippen molar-refractivity contribution < 1.29 is 9.59 Å². The van der Waals surface area contributed by atoms with E-state index in [1.165, 1.54) is 0 Å². The smallest absolute Gasteiger partial charge is 0.312 e. The van der Waals surface area contributed by atoms with Gasteiger partial charge in [-0.05, 0) is 6.92 Å². The number of piperazine rings is 1. The summed E-state index contributed by atoms with van der Waals surface area (Å²) in [5, 5.41) is 0. The number of primary amides is 1. The summed E-state index contributed by atoms with van der Waals surface area (Å²) in [5.41, 5.74) is 5.16. The van der Waals surface area contributed by atoms with Gasteiger partial charge in [-0.1, -0.05) is 0 Å². The summed E-state index contributed by atoms with van der Waals surface area (Å²) in [6, 6.07) is -0.242. The molecule has 5 nitrogen and oxygen atoms in total. The van der Waals surface area contributed by atoms with Crippen molar-refractivity contribution in [2.75, 3.05) is 26.2 Å². The third-order valence-electron chi connectivity index (χ3n) is 2.40. The van der Waals surface area contributed by atoms with Crippen molar-refractivity contribution in [3.05, 3.63) is 0 Å². The number of amides is 2. The lowest BCUT2D eigenvalue weighted by Crippen LogP contribution is -2.52. The molecule has 1 unspecified atom stereocenters. The Balaban J connectivity index is 2.40. The van der Waals surface area contributed by atoms with E-state index in [1.54, 1.807) is 11.8 Å². The van der Waals surface area contributed by atoms with Crippen LogP contribution in [0.25, 0.3) is 0 Å². The minimum absolute atomic E-state index is 0.242. The summed E-state index contributed by atoms with van der Waals surface area (Å²) in [4.78, 5) is 24.6. The summed E-state index contributed by atoms with van der Waals surface area (Å²) in [6.07, 6.45) is 1.83. The second-order valence-corrected chi connectivity index (χ2v) is 3.19. The first kappa shape index (κ1) is 9.98. The van der Waals surface area contributed by atoms with Crippen LogP contribution in [-0.4, -0.2) is 54.3 Å². The van der Waals surface area contributed by atoms with Crippen LogP contribution in [0.1, 0.15) is 6.92 Å². The van der Waals surface area contributed by atoms with Crippen LogP contribution >= 0.6 is 0 Å². The van der Waals surface area contributed by atoms with Gasteiger partial charge in [0.2, 0.25) is 5.91 Å². The van der Waals surface area contributed by atoms with Gasteiger partial charge in [0.15, 0.2) is 0 Å². The number of carbonyl (C=O) groups excluding carboxylic acids is 2. The third kappa shape index (κ3) is 2.42. The summed E-state index contributed by atoms with van der Waals surface area (Å²) in [6.45, 7) is 4.42. The first-order valence-electron chi connectivity index (χ1n) is 4.31. The van der Waals surface area contributed by atoms with Crippen LogP contribution in [0.2, 0.25) is 0 Å². The number of carbonyl (C=O) groups is 1.